The number of hydrogen-bond acceptors (Lipinski definition) is 2. The quantitative estimate of drug-likeness (QED) is 0.851. The normalized spacial score (nSPS) is 18.1. The molecule has 2 rings (SSSR count). The third kappa shape index (κ3) is 5.80. The first-order valence-corrected chi connectivity index (χ1v) is 6.73. The van der Waals surface area contributed by atoms with E-state index in [2.05, 4.69) is 5.32 Å². The minimum atomic E-state index is -4.18. The molecular weight excluding hydrogens is 308 g/mol. The Kier molecular flexibility index (Phi) is 6.90. The number of nitrogens with one attached hydrogen (secondary N) is 1. The van der Waals surface area contributed by atoms with Crippen molar-refractivity contribution in [3.05, 3.63) is 35.6 Å². The molecule has 120 valence electrons. The number of rotatable bonds is 4. The summed E-state index contributed by atoms with van der Waals surface area (Å²) in [5.41, 5.74) is 0.621. The topological polar surface area (TPSA) is 15.3 Å². The summed E-state index contributed by atoms with van der Waals surface area (Å²) in [5, 5.41) is 3.17. The first kappa shape index (κ1) is 18.2. The molecule has 1 aliphatic rings. The fourth-order valence-corrected chi connectivity index (χ4v) is 2.57. The highest BCUT2D eigenvalue weighted by atomic mass is 35.5. The molecule has 1 saturated heterocycles. The van der Waals surface area contributed by atoms with Crippen molar-refractivity contribution >= 4 is 12.4 Å². The first-order chi connectivity index (χ1) is 9.46. The second kappa shape index (κ2) is 7.96. The van der Waals surface area contributed by atoms with Crippen LogP contribution in [0.5, 0.6) is 0 Å². The zero-order valence-corrected chi connectivity index (χ0v) is 12.3. The lowest BCUT2D eigenvalue weighted by atomic mass is 9.99. The molecule has 0 amide bonds. The maximum atomic E-state index is 13.3. The van der Waals surface area contributed by atoms with Crippen molar-refractivity contribution in [3.63, 3.8) is 0 Å². The first-order valence-electron chi connectivity index (χ1n) is 6.73. The molecular formula is C14H19ClF4N2. The van der Waals surface area contributed by atoms with E-state index in [0.717, 1.165) is 13.1 Å². The van der Waals surface area contributed by atoms with E-state index >= 15 is 0 Å². The Bertz CT molecular complexity index is 433. The minimum absolute atomic E-state index is 0. The standard InChI is InChI=1S/C14H18F4N2.ClH/c15-12-3-1-2-11(10-12)13(4-5-14(16,17)18)20-8-6-19-7-9-20;/h1-3,10,13,19H,4-9H2;1H/t13-;/m0./s1. The van der Waals surface area contributed by atoms with Crippen molar-refractivity contribution in [2.24, 2.45) is 0 Å². The maximum absolute atomic E-state index is 13.3. The zero-order valence-electron chi connectivity index (χ0n) is 11.5. The third-order valence-electron chi connectivity index (χ3n) is 3.53. The largest absolute Gasteiger partial charge is 0.389 e. The molecule has 1 N–H and O–H groups in total. The molecule has 0 aromatic heterocycles. The second-order valence-corrected chi connectivity index (χ2v) is 5.01. The van der Waals surface area contributed by atoms with Gasteiger partial charge in [-0.3, -0.25) is 4.90 Å². The number of piperazine rings is 1. The highest BCUT2D eigenvalue weighted by molar-refractivity contribution is 5.85. The summed E-state index contributed by atoms with van der Waals surface area (Å²) < 4.78 is 50.7. The van der Waals surface area contributed by atoms with Crippen LogP contribution >= 0.6 is 12.4 Å². The molecule has 1 aromatic carbocycles. The monoisotopic (exact) mass is 326 g/mol. The summed E-state index contributed by atoms with van der Waals surface area (Å²) in [6.07, 6.45) is -5.06. The van der Waals surface area contributed by atoms with Crippen molar-refractivity contribution in [1.82, 2.24) is 10.2 Å². The lowest BCUT2D eigenvalue weighted by Crippen LogP contribution is -2.45. The number of nitrogens with zero attached hydrogens (tertiary/aromatic N) is 1. The molecule has 0 unspecified atom stereocenters. The molecule has 21 heavy (non-hydrogen) atoms. The van der Waals surface area contributed by atoms with Crippen LogP contribution in [0.3, 0.4) is 0 Å². The molecule has 0 bridgehead atoms. The van der Waals surface area contributed by atoms with E-state index in [-0.39, 0.29) is 24.9 Å². The van der Waals surface area contributed by atoms with Crippen molar-refractivity contribution in [1.29, 1.82) is 0 Å². The second-order valence-electron chi connectivity index (χ2n) is 5.01. The predicted octanol–water partition coefficient (Wildman–Crippen LogP) is 3.54. The van der Waals surface area contributed by atoms with Gasteiger partial charge < -0.3 is 5.32 Å². The summed E-state index contributed by atoms with van der Waals surface area (Å²) >= 11 is 0. The van der Waals surface area contributed by atoms with E-state index in [1.807, 2.05) is 4.90 Å². The lowest BCUT2D eigenvalue weighted by Gasteiger charge is -2.35. The van der Waals surface area contributed by atoms with Crippen LogP contribution < -0.4 is 5.32 Å². The van der Waals surface area contributed by atoms with Gasteiger partial charge in [-0.15, -0.1) is 12.4 Å². The van der Waals surface area contributed by atoms with Gasteiger partial charge in [-0.2, -0.15) is 13.2 Å². The molecule has 0 radical (unpaired) electrons. The van der Waals surface area contributed by atoms with E-state index in [0.29, 0.717) is 18.7 Å². The molecule has 0 aliphatic carbocycles. The van der Waals surface area contributed by atoms with Gasteiger partial charge in [0.25, 0.3) is 0 Å². The van der Waals surface area contributed by atoms with Gasteiger partial charge in [0.05, 0.1) is 0 Å². The maximum Gasteiger partial charge on any atom is 0.389 e. The van der Waals surface area contributed by atoms with Crippen LogP contribution in [-0.4, -0.2) is 37.3 Å². The van der Waals surface area contributed by atoms with Gasteiger partial charge >= 0.3 is 6.18 Å². The smallest absolute Gasteiger partial charge is 0.314 e. The number of benzene rings is 1. The van der Waals surface area contributed by atoms with Gasteiger partial charge in [-0.1, -0.05) is 12.1 Å². The molecule has 1 aliphatic heterocycles. The van der Waals surface area contributed by atoms with Crippen LogP contribution in [0.25, 0.3) is 0 Å². The van der Waals surface area contributed by atoms with E-state index in [1.54, 1.807) is 12.1 Å². The van der Waals surface area contributed by atoms with E-state index in [9.17, 15) is 17.6 Å². The number of halogens is 5. The Morgan fingerprint density at radius 1 is 1.19 bits per heavy atom. The fourth-order valence-electron chi connectivity index (χ4n) is 2.57. The SMILES string of the molecule is Cl.Fc1cccc([C@H](CCC(F)(F)F)N2CCNCC2)c1. The van der Waals surface area contributed by atoms with Gasteiger partial charge in [-0.25, -0.2) is 4.39 Å². The highest BCUT2D eigenvalue weighted by Crippen LogP contribution is 2.31. The van der Waals surface area contributed by atoms with Crippen LogP contribution in [0.15, 0.2) is 24.3 Å². The van der Waals surface area contributed by atoms with Gasteiger partial charge in [0.2, 0.25) is 0 Å². The van der Waals surface area contributed by atoms with Crippen LogP contribution in [0.4, 0.5) is 17.6 Å². The Morgan fingerprint density at radius 2 is 1.86 bits per heavy atom. The van der Waals surface area contributed by atoms with Crippen molar-refractivity contribution < 1.29 is 17.6 Å². The third-order valence-corrected chi connectivity index (χ3v) is 3.53. The lowest BCUT2D eigenvalue weighted by molar-refractivity contribution is -0.138. The van der Waals surface area contributed by atoms with Gasteiger partial charge in [0.1, 0.15) is 5.82 Å². The zero-order chi connectivity index (χ0) is 14.6. The van der Waals surface area contributed by atoms with Crippen molar-refractivity contribution in [2.75, 3.05) is 26.2 Å². The molecule has 1 fully saturated rings. The van der Waals surface area contributed by atoms with Gasteiger partial charge in [-0.05, 0) is 24.1 Å². The van der Waals surface area contributed by atoms with E-state index in [4.69, 9.17) is 0 Å². The summed E-state index contributed by atoms with van der Waals surface area (Å²) in [6, 6.07) is 5.51. The summed E-state index contributed by atoms with van der Waals surface area (Å²) in [4.78, 5) is 2.00. The molecule has 0 spiro atoms. The average molecular weight is 327 g/mol. The molecule has 1 aromatic rings. The molecule has 1 atom stereocenters. The van der Waals surface area contributed by atoms with Crippen LogP contribution in [0.2, 0.25) is 0 Å². The Morgan fingerprint density at radius 3 is 2.43 bits per heavy atom. The van der Waals surface area contributed by atoms with E-state index < -0.39 is 18.4 Å². The van der Waals surface area contributed by atoms with Crippen LogP contribution in [0.1, 0.15) is 24.4 Å². The van der Waals surface area contributed by atoms with E-state index in [1.165, 1.54) is 12.1 Å². The number of hydrogen-bond donors (Lipinski definition) is 1. The van der Waals surface area contributed by atoms with Crippen molar-refractivity contribution in [2.45, 2.75) is 25.1 Å². The summed E-state index contributed by atoms with van der Waals surface area (Å²) in [7, 11) is 0. The molecule has 0 saturated carbocycles. The van der Waals surface area contributed by atoms with Crippen LogP contribution in [0, 0.1) is 5.82 Å². The predicted molar refractivity (Wildman–Crippen MR) is 76.1 cm³/mol. The Balaban J connectivity index is 0.00000220. The fraction of sp³-hybridized carbons (Fsp3) is 0.571. The molecule has 1 heterocycles. The highest BCUT2D eigenvalue weighted by Gasteiger charge is 2.31. The minimum Gasteiger partial charge on any atom is -0.314 e. The molecule has 2 nitrogen and oxygen atoms in total. The van der Waals surface area contributed by atoms with Gasteiger partial charge in [0.15, 0.2) is 0 Å². The Hall–Kier alpha value is -0.850. The number of alkyl halides is 3. The summed E-state index contributed by atoms with van der Waals surface area (Å²) in [6.45, 7) is 2.85. The Labute approximate surface area is 127 Å². The van der Waals surface area contributed by atoms with Gasteiger partial charge in [0, 0.05) is 38.6 Å². The average Bonchev–Trinajstić information content (AvgIpc) is 2.39. The molecule has 7 heteroatoms. The van der Waals surface area contributed by atoms with Crippen molar-refractivity contribution in [3.8, 4) is 0 Å². The van der Waals surface area contributed by atoms with Crippen LogP contribution in [-0.2, 0) is 0 Å². The summed E-state index contributed by atoms with van der Waals surface area (Å²) in [5.74, 6) is -0.408.